The van der Waals surface area contributed by atoms with E-state index in [1.165, 1.54) is 6.26 Å². The molecule has 1 aromatic rings. The number of carbonyl (C=O) groups is 3. The standard InChI is InChI=1S/C16H23N3O5/c1-2-3-6-12(19-15(21)13-8-24-9-17-13)14(20)18-11-7-4-5-10(11)16(22)23/h8-12H,2-7H2,1H3,(H,18,20)(H,19,21)(H,22,23)/t10-,11+,12+/m1/s1. The molecule has 1 fully saturated rings. The minimum absolute atomic E-state index is 0.105. The summed E-state index contributed by atoms with van der Waals surface area (Å²) in [5.74, 6) is -2.29. The SMILES string of the molecule is CCCC[C@H](NC(=O)c1cocn1)C(=O)N[C@H]1CCC[C@H]1C(=O)O. The van der Waals surface area contributed by atoms with Crippen molar-refractivity contribution in [2.45, 2.75) is 57.5 Å². The molecule has 0 aliphatic heterocycles. The zero-order chi connectivity index (χ0) is 17.5. The second-order valence-corrected chi connectivity index (χ2v) is 6.03. The third-order valence-corrected chi connectivity index (χ3v) is 4.29. The number of nitrogens with zero attached hydrogens (tertiary/aromatic N) is 1. The van der Waals surface area contributed by atoms with Crippen molar-refractivity contribution in [1.82, 2.24) is 15.6 Å². The lowest BCUT2D eigenvalue weighted by Crippen LogP contribution is -2.51. The minimum Gasteiger partial charge on any atom is -0.481 e. The van der Waals surface area contributed by atoms with Crippen LogP contribution < -0.4 is 10.6 Å². The number of carbonyl (C=O) groups excluding carboxylic acids is 2. The Bertz CT molecular complexity index is 572. The van der Waals surface area contributed by atoms with Gasteiger partial charge in [0.05, 0.1) is 5.92 Å². The van der Waals surface area contributed by atoms with Crippen molar-refractivity contribution in [2.24, 2.45) is 5.92 Å². The lowest BCUT2D eigenvalue weighted by molar-refractivity contribution is -0.142. The molecule has 132 valence electrons. The van der Waals surface area contributed by atoms with E-state index in [4.69, 9.17) is 4.42 Å². The second-order valence-electron chi connectivity index (χ2n) is 6.03. The van der Waals surface area contributed by atoms with E-state index in [9.17, 15) is 19.5 Å². The van der Waals surface area contributed by atoms with Crippen molar-refractivity contribution in [3.05, 3.63) is 18.4 Å². The first-order valence-electron chi connectivity index (χ1n) is 8.25. The number of hydrogen-bond donors (Lipinski definition) is 3. The van der Waals surface area contributed by atoms with Crippen LogP contribution in [0.4, 0.5) is 0 Å². The van der Waals surface area contributed by atoms with Crippen molar-refractivity contribution in [1.29, 1.82) is 0 Å². The van der Waals surface area contributed by atoms with Crippen LogP contribution in [0.25, 0.3) is 0 Å². The highest BCUT2D eigenvalue weighted by atomic mass is 16.4. The van der Waals surface area contributed by atoms with Crippen LogP contribution in [0.15, 0.2) is 17.1 Å². The molecular formula is C16H23N3O5. The lowest BCUT2D eigenvalue weighted by Gasteiger charge is -2.23. The fourth-order valence-electron chi connectivity index (χ4n) is 2.95. The Morgan fingerprint density at radius 3 is 2.83 bits per heavy atom. The molecule has 1 heterocycles. The number of unbranched alkanes of at least 4 members (excludes halogenated alkanes) is 1. The van der Waals surface area contributed by atoms with Gasteiger partial charge in [0.2, 0.25) is 5.91 Å². The number of hydrogen-bond acceptors (Lipinski definition) is 5. The number of nitrogens with one attached hydrogen (secondary N) is 2. The van der Waals surface area contributed by atoms with Gasteiger partial charge in [-0.3, -0.25) is 14.4 Å². The molecule has 1 aromatic heterocycles. The lowest BCUT2D eigenvalue weighted by atomic mass is 10.0. The van der Waals surface area contributed by atoms with Crippen molar-refractivity contribution < 1.29 is 23.9 Å². The monoisotopic (exact) mass is 337 g/mol. The summed E-state index contributed by atoms with van der Waals surface area (Å²) in [5.41, 5.74) is 0.105. The number of aromatic nitrogens is 1. The quantitative estimate of drug-likeness (QED) is 0.658. The maximum atomic E-state index is 12.5. The van der Waals surface area contributed by atoms with Gasteiger partial charge in [-0.25, -0.2) is 4.98 Å². The van der Waals surface area contributed by atoms with Crippen LogP contribution in [-0.2, 0) is 9.59 Å². The molecule has 0 unspecified atom stereocenters. The third kappa shape index (κ3) is 4.56. The summed E-state index contributed by atoms with van der Waals surface area (Å²) >= 11 is 0. The topological polar surface area (TPSA) is 122 Å². The average molecular weight is 337 g/mol. The zero-order valence-corrected chi connectivity index (χ0v) is 13.7. The Morgan fingerprint density at radius 2 is 2.21 bits per heavy atom. The van der Waals surface area contributed by atoms with E-state index in [0.29, 0.717) is 19.3 Å². The molecule has 3 atom stereocenters. The van der Waals surface area contributed by atoms with Gasteiger partial charge in [-0.05, 0) is 19.3 Å². The third-order valence-electron chi connectivity index (χ3n) is 4.29. The molecule has 8 heteroatoms. The average Bonchev–Trinajstić information content (AvgIpc) is 3.22. The van der Waals surface area contributed by atoms with Gasteiger partial charge in [0.15, 0.2) is 12.1 Å². The van der Waals surface area contributed by atoms with Crippen molar-refractivity contribution in [3.8, 4) is 0 Å². The molecule has 24 heavy (non-hydrogen) atoms. The van der Waals surface area contributed by atoms with Gasteiger partial charge in [-0.2, -0.15) is 0 Å². The summed E-state index contributed by atoms with van der Waals surface area (Å²) in [6, 6.07) is -1.10. The maximum Gasteiger partial charge on any atom is 0.308 e. The summed E-state index contributed by atoms with van der Waals surface area (Å²) in [6.45, 7) is 1.99. The van der Waals surface area contributed by atoms with E-state index in [1.54, 1.807) is 0 Å². The highest BCUT2D eigenvalue weighted by Crippen LogP contribution is 2.26. The Balaban J connectivity index is 1.99. The minimum atomic E-state index is -0.894. The van der Waals surface area contributed by atoms with E-state index in [0.717, 1.165) is 25.7 Å². The van der Waals surface area contributed by atoms with Crippen LogP contribution in [0.5, 0.6) is 0 Å². The van der Waals surface area contributed by atoms with Crippen molar-refractivity contribution >= 4 is 17.8 Å². The van der Waals surface area contributed by atoms with Crippen LogP contribution in [0.1, 0.15) is 55.9 Å². The first-order valence-corrected chi connectivity index (χ1v) is 8.25. The number of oxazole rings is 1. The largest absolute Gasteiger partial charge is 0.481 e. The van der Waals surface area contributed by atoms with Gasteiger partial charge in [0.25, 0.3) is 5.91 Å². The highest BCUT2D eigenvalue weighted by Gasteiger charge is 2.35. The highest BCUT2D eigenvalue weighted by molar-refractivity contribution is 5.95. The van der Waals surface area contributed by atoms with Gasteiger partial charge >= 0.3 is 5.97 Å². The van der Waals surface area contributed by atoms with Crippen molar-refractivity contribution in [3.63, 3.8) is 0 Å². The smallest absolute Gasteiger partial charge is 0.308 e. The summed E-state index contributed by atoms with van der Waals surface area (Å²) in [5, 5.41) is 14.7. The summed E-state index contributed by atoms with van der Waals surface area (Å²) in [6.07, 6.45) is 6.46. The van der Waals surface area contributed by atoms with Crippen molar-refractivity contribution in [2.75, 3.05) is 0 Å². The van der Waals surface area contributed by atoms with Crippen LogP contribution in [-0.4, -0.2) is 40.0 Å². The molecule has 1 saturated carbocycles. The summed E-state index contributed by atoms with van der Waals surface area (Å²) in [4.78, 5) is 39.6. The molecular weight excluding hydrogens is 314 g/mol. The predicted octanol–water partition coefficient (Wildman–Crippen LogP) is 1.33. The summed E-state index contributed by atoms with van der Waals surface area (Å²) in [7, 11) is 0. The zero-order valence-electron chi connectivity index (χ0n) is 13.7. The first kappa shape index (κ1) is 18.0. The molecule has 1 aliphatic rings. The number of carboxylic acid groups (broad SMARTS) is 1. The molecule has 2 rings (SSSR count). The first-order chi connectivity index (χ1) is 11.5. The molecule has 0 spiro atoms. The second kappa shape index (κ2) is 8.47. The van der Waals surface area contributed by atoms with E-state index in [1.807, 2.05) is 6.92 Å². The molecule has 3 N–H and O–H groups in total. The van der Waals surface area contributed by atoms with E-state index >= 15 is 0 Å². The molecule has 1 aliphatic carbocycles. The van der Waals surface area contributed by atoms with Gasteiger partial charge in [-0.15, -0.1) is 0 Å². The van der Waals surface area contributed by atoms with Gasteiger partial charge in [0.1, 0.15) is 12.3 Å². The number of amides is 2. The van der Waals surface area contributed by atoms with Crippen LogP contribution >= 0.6 is 0 Å². The Hall–Kier alpha value is -2.38. The number of aliphatic carboxylic acids is 1. The molecule has 0 saturated heterocycles. The molecule has 8 nitrogen and oxygen atoms in total. The van der Waals surface area contributed by atoms with Crippen LogP contribution in [0.3, 0.4) is 0 Å². The van der Waals surface area contributed by atoms with E-state index in [2.05, 4.69) is 15.6 Å². The predicted molar refractivity (Wildman–Crippen MR) is 84.2 cm³/mol. The molecule has 0 aromatic carbocycles. The van der Waals surface area contributed by atoms with Crippen LogP contribution in [0.2, 0.25) is 0 Å². The fraction of sp³-hybridized carbons (Fsp3) is 0.625. The van der Waals surface area contributed by atoms with Gasteiger partial charge in [-0.1, -0.05) is 26.2 Å². The van der Waals surface area contributed by atoms with Crippen LogP contribution in [0, 0.1) is 5.92 Å². The molecule has 0 radical (unpaired) electrons. The Morgan fingerprint density at radius 1 is 1.42 bits per heavy atom. The molecule has 2 amide bonds. The van der Waals surface area contributed by atoms with E-state index in [-0.39, 0.29) is 17.6 Å². The summed E-state index contributed by atoms with van der Waals surface area (Å²) < 4.78 is 4.77. The number of rotatable bonds is 8. The molecule has 0 bridgehead atoms. The Kier molecular flexibility index (Phi) is 6.34. The Labute approximate surface area is 140 Å². The van der Waals surface area contributed by atoms with Gasteiger partial charge in [0, 0.05) is 6.04 Å². The number of carboxylic acids is 1. The van der Waals surface area contributed by atoms with E-state index < -0.39 is 23.8 Å². The normalized spacial score (nSPS) is 21.2. The van der Waals surface area contributed by atoms with Gasteiger partial charge < -0.3 is 20.2 Å². The fourth-order valence-corrected chi connectivity index (χ4v) is 2.95. The maximum absolute atomic E-state index is 12.5.